The summed E-state index contributed by atoms with van der Waals surface area (Å²) in [5, 5.41) is 0. The highest BCUT2D eigenvalue weighted by Gasteiger charge is 2.18. The van der Waals surface area contributed by atoms with E-state index in [9.17, 15) is 8.42 Å². The summed E-state index contributed by atoms with van der Waals surface area (Å²) in [7, 11) is 5.08. The van der Waals surface area contributed by atoms with Gasteiger partial charge in [-0.3, -0.25) is 0 Å². The normalized spacial score (nSPS) is 12.4. The van der Waals surface area contributed by atoms with Gasteiger partial charge in [0.05, 0.1) is 33.4 Å². The van der Waals surface area contributed by atoms with E-state index in [-0.39, 0.29) is 24.0 Å². The molecule has 0 bridgehead atoms. The van der Waals surface area contributed by atoms with Crippen molar-refractivity contribution in [1.82, 2.24) is 4.31 Å². The van der Waals surface area contributed by atoms with Gasteiger partial charge in [-0.1, -0.05) is 77.6 Å². The molecule has 0 saturated carbocycles. The van der Waals surface area contributed by atoms with Gasteiger partial charge in [0.2, 0.25) is 10.0 Å². The Morgan fingerprint density at radius 3 is 1.52 bits per heavy atom. The lowest BCUT2D eigenvalue weighted by Gasteiger charge is -2.25. The molecule has 0 aromatic carbocycles. The SMILES string of the molecule is CCCCCCCCCCCCCCS(=O)(=O)N(C)CCC[N+](C)(C)C.I. The first-order valence-corrected chi connectivity index (χ1v) is 12.5. The maximum absolute atomic E-state index is 12.3. The van der Waals surface area contributed by atoms with Crippen LogP contribution < -0.4 is 0 Å². The molecule has 0 radical (unpaired) electrons. The number of hydrogen-bond acceptors (Lipinski definition) is 2. The van der Waals surface area contributed by atoms with Crippen LogP contribution in [0.4, 0.5) is 0 Å². The predicted molar refractivity (Wildman–Crippen MR) is 130 cm³/mol. The Kier molecular flexibility index (Phi) is 19.3. The molecule has 0 saturated heterocycles. The molecular weight excluding hydrogens is 471 g/mol. The summed E-state index contributed by atoms with van der Waals surface area (Å²) in [6.45, 7) is 3.89. The quantitative estimate of drug-likeness (QED) is 0.133. The summed E-state index contributed by atoms with van der Waals surface area (Å²) in [5.74, 6) is 0.311. The van der Waals surface area contributed by atoms with Crippen LogP contribution in [0.5, 0.6) is 0 Å². The molecule has 0 N–H and O–H groups in total. The first kappa shape index (κ1) is 29.8. The molecule has 4 nitrogen and oxygen atoms in total. The number of halogens is 1. The van der Waals surface area contributed by atoms with Gasteiger partial charge in [-0.05, 0) is 6.42 Å². The molecule has 0 aliphatic carbocycles. The molecular formula is C21H48IN2O2S+. The zero-order valence-electron chi connectivity index (χ0n) is 18.8. The van der Waals surface area contributed by atoms with Crippen LogP contribution in [0.25, 0.3) is 0 Å². The summed E-state index contributed by atoms with van der Waals surface area (Å²) in [6, 6.07) is 0. The van der Waals surface area contributed by atoms with Crippen LogP contribution in [0, 0.1) is 0 Å². The Balaban J connectivity index is 0. The van der Waals surface area contributed by atoms with E-state index in [4.69, 9.17) is 0 Å². The second-order valence-corrected chi connectivity index (χ2v) is 11.1. The topological polar surface area (TPSA) is 37.4 Å². The summed E-state index contributed by atoms with van der Waals surface area (Å²) >= 11 is 0. The fourth-order valence-corrected chi connectivity index (χ4v) is 4.48. The van der Waals surface area contributed by atoms with E-state index in [1.165, 1.54) is 64.2 Å². The number of hydrogen-bond donors (Lipinski definition) is 0. The Morgan fingerprint density at radius 1 is 0.704 bits per heavy atom. The minimum atomic E-state index is -3.06. The zero-order valence-corrected chi connectivity index (χ0v) is 22.0. The van der Waals surface area contributed by atoms with Crippen molar-refractivity contribution in [3.8, 4) is 0 Å². The van der Waals surface area contributed by atoms with Gasteiger partial charge in [0.1, 0.15) is 0 Å². The van der Waals surface area contributed by atoms with Gasteiger partial charge in [0.15, 0.2) is 0 Å². The first-order chi connectivity index (χ1) is 12.2. The van der Waals surface area contributed by atoms with Gasteiger partial charge in [-0.2, -0.15) is 0 Å². The van der Waals surface area contributed by atoms with Crippen molar-refractivity contribution >= 4 is 34.0 Å². The maximum atomic E-state index is 12.3. The van der Waals surface area contributed by atoms with E-state index in [0.29, 0.717) is 12.3 Å². The third-order valence-electron chi connectivity index (χ3n) is 5.03. The molecule has 0 aromatic heterocycles. The van der Waals surface area contributed by atoms with Crippen molar-refractivity contribution in [2.24, 2.45) is 0 Å². The number of nitrogens with zero attached hydrogens (tertiary/aromatic N) is 2. The molecule has 6 heteroatoms. The molecule has 0 aliphatic heterocycles. The largest absolute Gasteiger partial charge is 0.331 e. The average molecular weight is 520 g/mol. The van der Waals surface area contributed by atoms with E-state index in [2.05, 4.69) is 28.1 Å². The Hall–Kier alpha value is 0.600. The van der Waals surface area contributed by atoms with Gasteiger partial charge in [0.25, 0.3) is 0 Å². The van der Waals surface area contributed by atoms with Crippen LogP contribution >= 0.6 is 24.0 Å². The second kappa shape index (κ2) is 17.5. The molecule has 0 amide bonds. The van der Waals surface area contributed by atoms with E-state index < -0.39 is 10.0 Å². The monoisotopic (exact) mass is 519 g/mol. The van der Waals surface area contributed by atoms with E-state index in [1.807, 2.05) is 0 Å². The Bertz CT molecular complexity index is 422. The molecule has 0 atom stereocenters. The minimum Gasteiger partial charge on any atom is -0.331 e. The summed E-state index contributed by atoms with van der Waals surface area (Å²) in [5.41, 5.74) is 0. The molecule has 0 spiro atoms. The third-order valence-corrected chi connectivity index (χ3v) is 6.97. The zero-order chi connectivity index (χ0) is 19.9. The van der Waals surface area contributed by atoms with Crippen LogP contribution in [-0.4, -0.2) is 64.2 Å². The van der Waals surface area contributed by atoms with Gasteiger partial charge in [-0.25, -0.2) is 12.7 Å². The van der Waals surface area contributed by atoms with Crippen LogP contribution in [-0.2, 0) is 10.0 Å². The highest BCUT2D eigenvalue weighted by molar-refractivity contribution is 14.0. The molecule has 0 unspecified atom stereocenters. The molecule has 166 valence electrons. The molecule has 0 rings (SSSR count). The Labute approximate surface area is 188 Å². The van der Waals surface area contributed by atoms with Gasteiger partial charge >= 0.3 is 0 Å². The van der Waals surface area contributed by atoms with E-state index in [1.54, 1.807) is 11.4 Å². The molecule has 0 aliphatic rings. The minimum absolute atomic E-state index is 0. The van der Waals surface area contributed by atoms with Crippen molar-refractivity contribution in [3.63, 3.8) is 0 Å². The van der Waals surface area contributed by atoms with Crippen LogP contribution in [0.3, 0.4) is 0 Å². The Morgan fingerprint density at radius 2 is 1.11 bits per heavy atom. The average Bonchev–Trinajstić information content (AvgIpc) is 2.54. The van der Waals surface area contributed by atoms with Crippen molar-refractivity contribution in [1.29, 1.82) is 0 Å². The van der Waals surface area contributed by atoms with E-state index >= 15 is 0 Å². The molecule has 0 heterocycles. The maximum Gasteiger partial charge on any atom is 0.213 e. The van der Waals surface area contributed by atoms with Crippen molar-refractivity contribution in [2.45, 2.75) is 90.4 Å². The number of unbranched alkanes of at least 4 members (excludes halogenated alkanes) is 11. The van der Waals surface area contributed by atoms with Gasteiger partial charge in [-0.15, -0.1) is 24.0 Å². The van der Waals surface area contributed by atoms with Crippen LogP contribution in [0.15, 0.2) is 0 Å². The highest BCUT2D eigenvalue weighted by Crippen LogP contribution is 2.13. The molecule has 27 heavy (non-hydrogen) atoms. The lowest BCUT2D eigenvalue weighted by atomic mass is 10.1. The fraction of sp³-hybridized carbons (Fsp3) is 1.00. The third kappa shape index (κ3) is 19.7. The van der Waals surface area contributed by atoms with Crippen molar-refractivity contribution in [3.05, 3.63) is 0 Å². The first-order valence-electron chi connectivity index (χ1n) is 10.9. The molecule has 0 fully saturated rings. The van der Waals surface area contributed by atoms with Gasteiger partial charge in [0, 0.05) is 20.0 Å². The lowest BCUT2D eigenvalue weighted by Crippen LogP contribution is -2.38. The van der Waals surface area contributed by atoms with Crippen LogP contribution in [0.2, 0.25) is 0 Å². The molecule has 0 aromatic rings. The number of quaternary nitrogens is 1. The van der Waals surface area contributed by atoms with Crippen molar-refractivity contribution < 1.29 is 12.9 Å². The standard InChI is InChI=1S/C21H47N2O2S.HI/c1-6-7-8-9-10-11-12-13-14-15-16-17-21-26(24,25)22(2)19-18-20-23(3,4)5;/h6-21H2,1-5H3;1H/q+1;. The smallest absolute Gasteiger partial charge is 0.213 e. The van der Waals surface area contributed by atoms with E-state index in [0.717, 1.165) is 30.3 Å². The number of rotatable bonds is 18. The highest BCUT2D eigenvalue weighted by atomic mass is 127. The fourth-order valence-electron chi connectivity index (χ4n) is 3.19. The van der Waals surface area contributed by atoms with Crippen LogP contribution in [0.1, 0.15) is 90.4 Å². The van der Waals surface area contributed by atoms with Gasteiger partial charge < -0.3 is 4.48 Å². The number of sulfonamides is 1. The van der Waals surface area contributed by atoms with Crippen molar-refractivity contribution in [2.75, 3.05) is 47.0 Å². The summed E-state index contributed by atoms with van der Waals surface area (Å²) in [4.78, 5) is 0. The second-order valence-electron chi connectivity index (χ2n) is 8.89. The predicted octanol–water partition coefficient (Wildman–Crippen LogP) is 5.66. The summed E-state index contributed by atoms with van der Waals surface area (Å²) in [6.07, 6.45) is 16.1. The lowest BCUT2D eigenvalue weighted by molar-refractivity contribution is -0.870. The summed E-state index contributed by atoms with van der Waals surface area (Å²) < 4.78 is 27.0.